The van der Waals surface area contributed by atoms with Crippen LogP contribution in [0.15, 0.2) is 6.33 Å². The standard InChI is InChI=1S/C11H15N3O2/c1-7(11(15)16)14(2)10-8-4-3-5-9(8)12-6-13-10/h6-7H,3-5H2,1-2H3,(H,15,16). The Morgan fingerprint density at radius 3 is 2.94 bits per heavy atom. The Balaban J connectivity index is 2.34. The lowest BCUT2D eigenvalue weighted by atomic mass is 10.2. The number of fused-ring (bicyclic) bond motifs is 1. The number of nitrogens with zero attached hydrogens (tertiary/aromatic N) is 3. The molecule has 16 heavy (non-hydrogen) atoms. The van der Waals surface area contributed by atoms with Gasteiger partial charge in [0, 0.05) is 18.3 Å². The van der Waals surface area contributed by atoms with Gasteiger partial charge in [-0.15, -0.1) is 0 Å². The van der Waals surface area contributed by atoms with Crippen molar-refractivity contribution in [2.24, 2.45) is 0 Å². The zero-order valence-electron chi connectivity index (χ0n) is 9.47. The maximum absolute atomic E-state index is 10.9. The first-order valence-electron chi connectivity index (χ1n) is 5.39. The highest BCUT2D eigenvalue weighted by molar-refractivity contribution is 5.77. The van der Waals surface area contributed by atoms with Crippen LogP contribution >= 0.6 is 0 Å². The Bertz CT molecular complexity index is 420. The average molecular weight is 221 g/mol. The Morgan fingerprint density at radius 2 is 2.25 bits per heavy atom. The second kappa shape index (κ2) is 4.08. The minimum Gasteiger partial charge on any atom is -0.480 e. The van der Waals surface area contributed by atoms with Gasteiger partial charge >= 0.3 is 5.97 Å². The molecule has 1 aromatic rings. The molecule has 0 saturated carbocycles. The number of hydrogen-bond acceptors (Lipinski definition) is 4. The van der Waals surface area contributed by atoms with Gasteiger partial charge in [-0.3, -0.25) is 0 Å². The molecular weight excluding hydrogens is 206 g/mol. The molecule has 0 aliphatic heterocycles. The summed E-state index contributed by atoms with van der Waals surface area (Å²) in [6.45, 7) is 1.66. The van der Waals surface area contributed by atoms with Gasteiger partial charge in [0.25, 0.3) is 0 Å². The summed E-state index contributed by atoms with van der Waals surface area (Å²) < 4.78 is 0. The molecule has 1 aromatic heterocycles. The third kappa shape index (κ3) is 1.73. The summed E-state index contributed by atoms with van der Waals surface area (Å²) in [5.74, 6) is -0.0785. The minimum absolute atomic E-state index is 0.570. The molecule has 1 unspecified atom stereocenters. The first-order valence-corrected chi connectivity index (χ1v) is 5.39. The molecule has 1 aliphatic carbocycles. The molecule has 1 N–H and O–H groups in total. The number of likely N-dealkylation sites (N-methyl/N-ethyl adjacent to an activating group) is 1. The number of hydrogen-bond donors (Lipinski definition) is 1. The monoisotopic (exact) mass is 221 g/mol. The van der Waals surface area contributed by atoms with E-state index < -0.39 is 12.0 Å². The van der Waals surface area contributed by atoms with E-state index in [1.165, 1.54) is 6.33 Å². The minimum atomic E-state index is -0.840. The van der Waals surface area contributed by atoms with Crippen LogP contribution in [0, 0.1) is 0 Å². The number of anilines is 1. The van der Waals surface area contributed by atoms with Gasteiger partial charge in [-0.25, -0.2) is 14.8 Å². The van der Waals surface area contributed by atoms with Gasteiger partial charge in [0.1, 0.15) is 18.2 Å². The third-order valence-corrected chi connectivity index (χ3v) is 3.12. The van der Waals surface area contributed by atoms with Crippen LogP contribution in [-0.4, -0.2) is 34.1 Å². The summed E-state index contributed by atoms with van der Waals surface area (Å²) in [6.07, 6.45) is 4.52. The van der Waals surface area contributed by atoms with Crippen LogP contribution in [0.25, 0.3) is 0 Å². The van der Waals surface area contributed by atoms with Gasteiger partial charge in [0.15, 0.2) is 0 Å². The van der Waals surface area contributed by atoms with E-state index in [1.807, 2.05) is 0 Å². The molecule has 5 nitrogen and oxygen atoms in total. The SMILES string of the molecule is CC(C(=O)O)N(C)c1ncnc2c1CCC2. The summed E-state index contributed by atoms with van der Waals surface area (Å²) in [4.78, 5) is 21.1. The lowest BCUT2D eigenvalue weighted by Gasteiger charge is -2.24. The van der Waals surface area contributed by atoms with Crippen molar-refractivity contribution in [3.63, 3.8) is 0 Å². The lowest BCUT2D eigenvalue weighted by Crippen LogP contribution is -2.37. The quantitative estimate of drug-likeness (QED) is 0.820. The van der Waals surface area contributed by atoms with Crippen molar-refractivity contribution in [3.8, 4) is 0 Å². The van der Waals surface area contributed by atoms with E-state index in [-0.39, 0.29) is 0 Å². The molecular formula is C11H15N3O2. The van der Waals surface area contributed by atoms with E-state index in [1.54, 1.807) is 18.9 Å². The largest absolute Gasteiger partial charge is 0.480 e. The summed E-state index contributed by atoms with van der Waals surface area (Å²) in [5.41, 5.74) is 2.17. The van der Waals surface area contributed by atoms with E-state index in [9.17, 15) is 4.79 Å². The molecule has 5 heteroatoms. The van der Waals surface area contributed by atoms with E-state index in [4.69, 9.17) is 5.11 Å². The maximum atomic E-state index is 10.9. The van der Waals surface area contributed by atoms with Gasteiger partial charge in [0.05, 0.1) is 0 Å². The normalized spacial score (nSPS) is 15.6. The number of aromatic nitrogens is 2. The number of carboxylic acids is 1. The van der Waals surface area contributed by atoms with Crippen LogP contribution in [-0.2, 0) is 17.6 Å². The predicted octanol–water partition coefficient (Wildman–Crippen LogP) is 0.875. The zero-order chi connectivity index (χ0) is 11.7. The molecule has 0 amide bonds. The first kappa shape index (κ1) is 10.9. The Labute approximate surface area is 94.1 Å². The number of rotatable bonds is 3. The number of carboxylic acid groups (broad SMARTS) is 1. The van der Waals surface area contributed by atoms with Crippen LogP contribution in [0.1, 0.15) is 24.6 Å². The summed E-state index contributed by atoms with van der Waals surface area (Å²) in [7, 11) is 1.76. The van der Waals surface area contributed by atoms with Crippen molar-refractivity contribution in [1.82, 2.24) is 9.97 Å². The average Bonchev–Trinajstić information content (AvgIpc) is 2.74. The molecule has 0 radical (unpaired) electrons. The van der Waals surface area contributed by atoms with Gasteiger partial charge in [-0.1, -0.05) is 0 Å². The van der Waals surface area contributed by atoms with Crippen LogP contribution in [0.2, 0.25) is 0 Å². The van der Waals surface area contributed by atoms with Crippen LogP contribution in [0.4, 0.5) is 5.82 Å². The molecule has 2 rings (SSSR count). The van der Waals surface area contributed by atoms with E-state index in [0.717, 1.165) is 36.3 Å². The van der Waals surface area contributed by atoms with Gasteiger partial charge in [-0.2, -0.15) is 0 Å². The smallest absolute Gasteiger partial charge is 0.326 e. The highest BCUT2D eigenvalue weighted by atomic mass is 16.4. The fourth-order valence-electron chi connectivity index (χ4n) is 2.00. The summed E-state index contributed by atoms with van der Waals surface area (Å²) in [6, 6.07) is -0.570. The fourth-order valence-corrected chi connectivity index (χ4v) is 2.00. The van der Waals surface area contributed by atoms with Gasteiger partial charge in [-0.05, 0) is 26.2 Å². The topological polar surface area (TPSA) is 66.3 Å². The second-order valence-corrected chi connectivity index (χ2v) is 4.10. The highest BCUT2D eigenvalue weighted by Crippen LogP contribution is 2.27. The summed E-state index contributed by atoms with van der Waals surface area (Å²) >= 11 is 0. The fraction of sp³-hybridized carbons (Fsp3) is 0.545. The number of aliphatic carboxylic acids is 1. The van der Waals surface area contributed by atoms with Crippen LogP contribution < -0.4 is 4.90 Å². The highest BCUT2D eigenvalue weighted by Gasteiger charge is 2.24. The molecule has 1 aliphatic rings. The van der Waals surface area contributed by atoms with E-state index in [2.05, 4.69) is 9.97 Å². The molecule has 0 spiro atoms. The van der Waals surface area contributed by atoms with Crippen molar-refractivity contribution in [2.45, 2.75) is 32.2 Å². The van der Waals surface area contributed by atoms with Crippen molar-refractivity contribution >= 4 is 11.8 Å². The van der Waals surface area contributed by atoms with Crippen molar-refractivity contribution in [1.29, 1.82) is 0 Å². The first-order chi connectivity index (χ1) is 7.61. The maximum Gasteiger partial charge on any atom is 0.326 e. The van der Waals surface area contributed by atoms with Crippen LogP contribution in [0.5, 0.6) is 0 Å². The zero-order valence-corrected chi connectivity index (χ0v) is 9.47. The molecule has 86 valence electrons. The second-order valence-electron chi connectivity index (χ2n) is 4.10. The Kier molecular flexibility index (Phi) is 2.77. The van der Waals surface area contributed by atoms with E-state index >= 15 is 0 Å². The molecule has 1 atom stereocenters. The lowest BCUT2D eigenvalue weighted by molar-refractivity contribution is -0.138. The van der Waals surface area contributed by atoms with Crippen molar-refractivity contribution < 1.29 is 9.90 Å². The van der Waals surface area contributed by atoms with Gasteiger partial charge in [0.2, 0.25) is 0 Å². The predicted molar refractivity (Wildman–Crippen MR) is 59.6 cm³/mol. The third-order valence-electron chi connectivity index (χ3n) is 3.12. The number of aryl methyl sites for hydroxylation is 1. The Morgan fingerprint density at radius 1 is 1.50 bits per heavy atom. The number of carbonyl (C=O) groups is 1. The van der Waals surface area contributed by atoms with E-state index in [0.29, 0.717) is 0 Å². The molecule has 1 heterocycles. The van der Waals surface area contributed by atoms with Gasteiger partial charge < -0.3 is 10.0 Å². The Hall–Kier alpha value is -1.65. The molecule has 0 fully saturated rings. The molecule has 0 bridgehead atoms. The summed E-state index contributed by atoms with van der Waals surface area (Å²) in [5, 5.41) is 8.98. The molecule has 0 saturated heterocycles. The van der Waals surface area contributed by atoms with Crippen molar-refractivity contribution in [3.05, 3.63) is 17.6 Å². The molecule has 0 aromatic carbocycles. The van der Waals surface area contributed by atoms with Crippen LogP contribution in [0.3, 0.4) is 0 Å². The van der Waals surface area contributed by atoms with Crippen molar-refractivity contribution in [2.75, 3.05) is 11.9 Å².